The van der Waals surface area contributed by atoms with E-state index in [2.05, 4.69) is 23.1 Å². The molecule has 0 radical (unpaired) electrons. The van der Waals surface area contributed by atoms with Gasteiger partial charge in [0.05, 0.1) is 12.9 Å². The Morgan fingerprint density at radius 2 is 1.97 bits per heavy atom. The average molecular weight is 481 g/mol. The molecule has 1 saturated heterocycles. The SMILES string of the molecule is CN(C(=O)c1ccco1)C(Cc1ccc(F)cc1F)C1CCN(Cc2ccc3c(c2)CCO3)CC1. The highest BCUT2D eigenvalue weighted by Crippen LogP contribution is 2.30. The lowest BCUT2D eigenvalue weighted by atomic mass is 9.84. The van der Waals surface area contributed by atoms with Crippen LogP contribution in [-0.4, -0.2) is 48.5 Å². The van der Waals surface area contributed by atoms with Crippen molar-refractivity contribution >= 4 is 5.91 Å². The van der Waals surface area contributed by atoms with Crippen molar-refractivity contribution in [2.24, 2.45) is 5.92 Å². The first-order valence-corrected chi connectivity index (χ1v) is 12.2. The van der Waals surface area contributed by atoms with E-state index in [1.807, 2.05) is 0 Å². The number of hydrogen-bond acceptors (Lipinski definition) is 4. The molecule has 5 rings (SSSR count). The van der Waals surface area contributed by atoms with Gasteiger partial charge in [-0.2, -0.15) is 0 Å². The maximum Gasteiger partial charge on any atom is 0.289 e. The lowest BCUT2D eigenvalue weighted by Crippen LogP contribution is -2.47. The van der Waals surface area contributed by atoms with Gasteiger partial charge in [-0.1, -0.05) is 18.2 Å². The molecule has 2 aliphatic heterocycles. The van der Waals surface area contributed by atoms with Gasteiger partial charge < -0.3 is 14.1 Å². The van der Waals surface area contributed by atoms with E-state index in [0.29, 0.717) is 12.0 Å². The number of nitrogens with zero attached hydrogens (tertiary/aromatic N) is 2. The van der Waals surface area contributed by atoms with Crippen LogP contribution in [-0.2, 0) is 19.4 Å². The first-order chi connectivity index (χ1) is 17.0. The van der Waals surface area contributed by atoms with Crippen molar-refractivity contribution in [3.8, 4) is 5.75 Å². The number of likely N-dealkylation sites (tertiary alicyclic amines) is 1. The molecule has 1 atom stereocenters. The van der Waals surface area contributed by atoms with Crippen LogP contribution in [0.5, 0.6) is 5.75 Å². The van der Waals surface area contributed by atoms with Crippen LogP contribution in [0.4, 0.5) is 8.78 Å². The van der Waals surface area contributed by atoms with Crippen LogP contribution in [0.3, 0.4) is 0 Å². The number of piperidine rings is 1. The van der Waals surface area contributed by atoms with E-state index >= 15 is 0 Å². The van der Waals surface area contributed by atoms with Gasteiger partial charge in [-0.05, 0) is 79.2 Å². The molecule has 3 heterocycles. The Hall–Kier alpha value is -3.19. The fourth-order valence-electron chi connectivity index (χ4n) is 5.35. The van der Waals surface area contributed by atoms with E-state index in [0.717, 1.165) is 57.3 Å². The predicted octanol–water partition coefficient (Wildman–Crippen LogP) is 5.09. The lowest BCUT2D eigenvalue weighted by Gasteiger charge is -2.40. The van der Waals surface area contributed by atoms with Crippen molar-refractivity contribution in [2.45, 2.75) is 38.3 Å². The number of carbonyl (C=O) groups is 1. The third kappa shape index (κ3) is 5.25. The minimum absolute atomic E-state index is 0.188. The summed E-state index contributed by atoms with van der Waals surface area (Å²) in [6.45, 7) is 3.41. The molecule has 1 amide bonds. The second-order valence-electron chi connectivity index (χ2n) is 9.55. The summed E-state index contributed by atoms with van der Waals surface area (Å²) in [6, 6.07) is 13.2. The Morgan fingerprint density at radius 1 is 1.14 bits per heavy atom. The lowest BCUT2D eigenvalue weighted by molar-refractivity contribution is 0.0554. The summed E-state index contributed by atoms with van der Waals surface area (Å²) in [5, 5.41) is 0. The molecule has 2 aliphatic rings. The van der Waals surface area contributed by atoms with Crippen molar-refractivity contribution in [3.05, 3.63) is 88.9 Å². The number of likely N-dealkylation sites (N-methyl/N-ethyl adjacent to an activating group) is 1. The highest BCUT2D eigenvalue weighted by atomic mass is 19.1. The monoisotopic (exact) mass is 480 g/mol. The molecular formula is C28H30F2N2O3. The Morgan fingerprint density at radius 3 is 2.71 bits per heavy atom. The van der Waals surface area contributed by atoms with Gasteiger partial charge in [-0.15, -0.1) is 0 Å². The van der Waals surface area contributed by atoms with Crippen molar-refractivity contribution in [3.63, 3.8) is 0 Å². The Kier molecular flexibility index (Phi) is 6.86. The molecule has 35 heavy (non-hydrogen) atoms. The van der Waals surface area contributed by atoms with Crippen LogP contribution in [0.1, 0.15) is 40.1 Å². The molecule has 0 spiro atoms. The van der Waals surface area contributed by atoms with Gasteiger partial charge in [0.1, 0.15) is 17.4 Å². The number of amides is 1. The van der Waals surface area contributed by atoms with E-state index < -0.39 is 11.6 Å². The summed E-state index contributed by atoms with van der Waals surface area (Å²) in [5.74, 6) is 0.0298. The van der Waals surface area contributed by atoms with Crippen LogP contribution in [0.25, 0.3) is 0 Å². The first-order valence-electron chi connectivity index (χ1n) is 12.2. The molecule has 1 aromatic heterocycles. The highest BCUT2D eigenvalue weighted by molar-refractivity contribution is 5.91. The van der Waals surface area contributed by atoms with Crippen LogP contribution < -0.4 is 4.74 Å². The molecule has 0 aliphatic carbocycles. The smallest absolute Gasteiger partial charge is 0.289 e. The second-order valence-corrected chi connectivity index (χ2v) is 9.55. The van der Waals surface area contributed by atoms with Gasteiger partial charge in [-0.25, -0.2) is 8.78 Å². The van der Waals surface area contributed by atoms with Crippen LogP contribution in [0.2, 0.25) is 0 Å². The van der Waals surface area contributed by atoms with Crippen molar-refractivity contribution in [1.29, 1.82) is 0 Å². The van der Waals surface area contributed by atoms with Crippen molar-refractivity contribution < 1.29 is 22.7 Å². The summed E-state index contributed by atoms with van der Waals surface area (Å²) in [7, 11) is 1.75. The molecule has 2 aromatic carbocycles. The second kappa shape index (κ2) is 10.2. The van der Waals surface area contributed by atoms with Gasteiger partial charge in [0.25, 0.3) is 5.91 Å². The van der Waals surface area contributed by atoms with Gasteiger partial charge >= 0.3 is 0 Å². The summed E-state index contributed by atoms with van der Waals surface area (Å²) in [4.78, 5) is 17.2. The number of rotatable bonds is 7. The number of benzene rings is 2. The van der Waals surface area contributed by atoms with Crippen LogP contribution in [0.15, 0.2) is 59.2 Å². The quantitative estimate of drug-likeness (QED) is 0.473. The summed E-state index contributed by atoms with van der Waals surface area (Å²) in [5.41, 5.74) is 2.97. The molecule has 184 valence electrons. The zero-order valence-corrected chi connectivity index (χ0v) is 19.9. The first kappa shape index (κ1) is 23.5. The van der Waals surface area contributed by atoms with Gasteiger partial charge in [-0.3, -0.25) is 9.69 Å². The Labute approximate surface area is 204 Å². The Bertz CT molecular complexity index is 1170. The fraction of sp³-hybridized carbons (Fsp3) is 0.393. The topological polar surface area (TPSA) is 45.9 Å². The fourth-order valence-corrected chi connectivity index (χ4v) is 5.35. The molecule has 7 heteroatoms. The molecule has 0 saturated carbocycles. The van der Waals surface area contributed by atoms with E-state index in [4.69, 9.17) is 9.15 Å². The van der Waals surface area contributed by atoms with Gasteiger partial charge in [0.2, 0.25) is 0 Å². The summed E-state index contributed by atoms with van der Waals surface area (Å²) in [6.07, 6.45) is 4.53. The van der Waals surface area contributed by atoms with E-state index in [9.17, 15) is 13.6 Å². The third-order valence-electron chi connectivity index (χ3n) is 7.33. The van der Waals surface area contributed by atoms with E-state index in [1.165, 1.54) is 29.5 Å². The molecule has 1 fully saturated rings. The zero-order chi connectivity index (χ0) is 24.4. The maximum atomic E-state index is 14.5. The molecule has 5 nitrogen and oxygen atoms in total. The van der Waals surface area contributed by atoms with Gasteiger partial charge in [0, 0.05) is 32.1 Å². The molecule has 0 bridgehead atoms. The average Bonchev–Trinajstić information content (AvgIpc) is 3.56. The van der Waals surface area contributed by atoms with Crippen molar-refractivity contribution in [2.75, 3.05) is 26.7 Å². The zero-order valence-electron chi connectivity index (χ0n) is 19.9. The number of hydrogen-bond donors (Lipinski definition) is 0. The Balaban J connectivity index is 1.28. The third-order valence-corrected chi connectivity index (χ3v) is 7.33. The molecule has 0 N–H and O–H groups in total. The summed E-state index contributed by atoms with van der Waals surface area (Å²) < 4.78 is 39.0. The van der Waals surface area contributed by atoms with Crippen molar-refractivity contribution in [1.82, 2.24) is 9.80 Å². The highest BCUT2D eigenvalue weighted by Gasteiger charge is 2.33. The minimum atomic E-state index is -0.603. The molecule has 1 unspecified atom stereocenters. The standard InChI is InChI=1S/C28H30F2N2O3/c1-31(28(33)27-3-2-13-34-27)25(16-21-5-6-23(29)17-24(21)30)20-8-11-32(12-9-20)18-19-4-7-26-22(15-19)10-14-35-26/h2-7,13,15,17,20,25H,8-12,14,16,18H2,1H3. The number of fused-ring (bicyclic) bond motifs is 1. The van der Waals surface area contributed by atoms with Gasteiger partial charge in [0.15, 0.2) is 5.76 Å². The molecular weight excluding hydrogens is 450 g/mol. The number of halogens is 2. The normalized spacial score (nSPS) is 17.1. The number of carbonyl (C=O) groups excluding carboxylic acids is 1. The van der Waals surface area contributed by atoms with E-state index in [1.54, 1.807) is 24.1 Å². The number of furan rings is 1. The van der Waals surface area contributed by atoms with Crippen LogP contribution >= 0.6 is 0 Å². The van der Waals surface area contributed by atoms with E-state index in [-0.39, 0.29) is 23.6 Å². The predicted molar refractivity (Wildman–Crippen MR) is 128 cm³/mol. The minimum Gasteiger partial charge on any atom is -0.493 e. The molecule has 3 aromatic rings. The summed E-state index contributed by atoms with van der Waals surface area (Å²) >= 11 is 0. The number of ether oxygens (including phenoxy) is 1. The largest absolute Gasteiger partial charge is 0.493 e. The van der Waals surface area contributed by atoms with Crippen LogP contribution in [0, 0.1) is 17.6 Å². The maximum absolute atomic E-state index is 14.5.